The lowest BCUT2D eigenvalue weighted by Gasteiger charge is -2.04. The molecule has 0 unspecified atom stereocenters. The molecule has 0 atom stereocenters. The maximum Gasteiger partial charge on any atom is 0.293 e. The van der Waals surface area contributed by atoms with Crippen LogP contribution in [0.2, 0.25) is 0 Å². The Morgan fingerprint density at radius 1 is 1.35 bits per heavy atom. The van der Waals surface area contributed by atoms with Crippen LogP contribution in [0.4, 0.5) is 0 Å². The molecule has 0 bridgehead atoms. The summed E-state index contributed by atoms with van der Waals surface area (Å²) in [6, 6.07) is 9.50. The van der Waals surface area contributed by atoms with Gasteiger partial charge in [-0.3, -0.25) is 9.20 Å². The molecule has 0 aromatic carbocycles. The minimum atomic E-state index is 0.247. The van der Waals surface area contributed by atoms with Crippen molar-refractivity contribution in [1.82, 2.24) is 14.4 Å². The molecule has 0 saturated carbocycles. The Balaban J connectivity index is 2.03. The number of carbonyl (C=O) groups is 1. The minimum absolute atomic E-state index is 0.247. The number of hydrogen-bond acceptors (Lipinski definition) is 4. The van der Waals surface area contributed by atoms with E-state index in [0.717, 1.165) is 27.2 Å². The van der Waals surface area contributed by atoms with Crippen molar-refractivity contribution in [2.75, 3.05) is 0 Å². The van der Waals surface area contributed by atoms with E-state index in [2.05, 4.69) is 25.9 Å². The molecule has 100 valence electrons. The Morgan fingerprint density at radius 2 is 2.25 bits per heavy atom. The van der Waals surface area contributed by atoms with Gasteiger partial charge in [-0.25, -0.2) is 9.97 Å². The van der Waals surface area contributed by atoms with Gasteiger partial charge in [0.2, 0.25) is 0 Å². The molecular formula is C14H10BrN3O2. The lowest BCUT2D eigenvalue weighted by atomic mass is 10.2. The van der Waals surface area contributed by atoms with Crippen LogP contribution in [-0.4, -0.2) is 20.8 Å². The quantitative estimate of drug-likeness (QED) is 0.545. The largest absolute Gasteiger partial charge is 0.463 e. The third-order valence-electron chi connectivity index (χ3n) is 2.87. The molecule has 5 nitrogen and oxygen atoms in total. The van der Waals surface area contributed by atoms with E-state index in [1.54, 1.807) is 6.20 Å². The molecule has 3 rings (SSSR count). The molecule has 0 fully saturated rings. The first-order valence-electron chi connectivity index (χ1n) is 5.92. The first kappa shape index (κ1) is 12.8. The molecular weight excluding hydrogens is 322 g/mol. The Hall–Kier alpha value is -2.21. The maximum atomic E-state index is 10.2. The van der Waals surface area contributed by atoms with Gasteiger partial charge in [-0.05, 0) is 45.8 Å². The van der Waals surface area contributed by atoms with Crippen molar-refractivity contribution >= 4 is 28.0 Å². The average Bonchev–Trinajstić information content (AvgIpc) is 2.88. The second-order valence-corrected chi connectivity index (χ2v) is 4.97. The molecule has 3 heterocycles. The van der Waals surface area contributed by atoms with Crippen LogP contribution in [0.3, 0.4) is 0 Å². The number of imidazole rings is 1. The van der Waals surface area contributed by atoms with Crippen LogP contribution >= 0.6 is 15.9 Å². The van der Waals surface area contributed by atoms with E-state index in [0.29, 0.717) is 6.47 Å². The van der Waals surface area contributed by atoms with E-state index in [9.17, 15) is 4.79 Å². The predicted molar refractivity (Wildman–Crippen MR) is 77.0 cm³/mol. The van der Waals surface area contributed by atoms with Crippen molar-refractivity contribution in [3.05, 3.63) is 52.9 Å². The monoisotopic (exact) mass is 331 g/mol. The highest BCUT2D eigenvalue weighted by Gasteiger charge is 2.08. The van der Waals surface area contributed by atoms with Gasteiger partial charge in [-0.15, -0.1) is 0 Å². The first-order chi connectivity index (χ1) is 9.78. The molecule has 0 radical (unpaired) electrons. The summed E-state index contributed by atoms with van der Waals surface area (Å²) in [7, 11) is 0. The topological polar surface area (TPSA) is 56.5 Å². The zero-order chi connectivity index (χ0) is 13.9. The van der Waals surface area contributed by atoms with Crippen LogP contribution in [-0.2, 0) is 16.1 Å². The Bertz CT molecular complexity index is 770. The second kappa shape index (κ2) is 5.42. The van der Waals surface area contributed by atoms with E-state index < -0.39 is 0 Å². The fourth-order valence-electron chi connectivity index (χ4n) is 1.98. The van der Waals surface area contributed by atoms with Gasteiger partial charge < -0.3 is 4.74 Å². The first-order valence-corrected chi connectivity index (χ1v) is 6.71. The third kappa shape index (κ3) is 2.42. The second-order valence-electron chi connectivity index (χ2n) is 4.16. The Kier molecular flexibility index (Phi) is 3.47. The fraction of sp³-hybridized carbons (Fsp3) is 0.0714. The highest BCUT2D eigenvalue weighted by molar-refractivity contribution is 9.10. The lowest BCUT2D eigenvalue weighted by Crippen LogP contribution is -1.94. The summed E-state index contributed by atoms with van der Waals surface area (Å²) in [5.74, 6) is 0. The number of nitrogens with zero attached hydrogens (tertiary/aromatic N) is 3. The van der Waals surface area contributed by atoms with Gasteiger partial charge in [-0.1, -0.05) is 6.07 Å². The van der Waals surface area contributed by atoms with Crippen LogP contribution in [0.15, 0.2) is 47.3 Å². The number of halogens is 1. The van der Waals surface area contributed by atoms with Crippen molar-refractivity contribution < 1.29 is 9.53 Å². The predicted octanol–water partition coefficient (Wildman–Crippen LogP) is 2.83. The van der Waals surface area contributed by atoms with E-state index in [1.165, 1.54) is 0 Å². The number of fused-ring (bicyclic) bond motifs is 1. The van der Waals surface area contributed by atoms with Gasteiger partial charge in [0, 0.05) is 6.20 Å². The number of carbonyl (C=O) groups excluding carboxylic acids is 1. The van der Waals surface area contributed by atoms with Crippen molar-refractivity contribution in [2.24, 2.45) is 0 Å². The van der Waals surface area contributed by atoms with E-state index in [1.807, 2.05) is 40.9 Å². The molecule has 6 heteroatoms. The zero-order valence-corrected chi connectivity index (χ0v) is 11.9. The summed E-state index contributed by atoms with van der Waals surface area (Å²) in [6.45, 7) is 0.684. The van der Waals surface area contributed by atoms with Crippen LogP contribution < -0.4 is 0 Å². The number of aromatic nitrogens is 3. The number of pyridine rings is 2. The number of rotatable bonds is 4. The lowest BCUT2D eigenvalue weighted by molar-refractivity contribution is -0.129. The van der Waals surface area contributed by atoms with Gasteiger partial charge in [-0.2, -0.15) is 0 Å². The highest BCUT2D eigenvalue weighted by Crippen LogP contribution is 2.21. The number of ether oxygens (including phenoxy) is 1. The van der Waals surface area contributed by atoms with Crippen molar-refractivity contribution in [3.63, 3.8) is 0 Å². The molecule has 0 aliphatic carbocycles. The average molecular weight is 332 g/mol. The van der Waals surface area contributed by atoms with Gasteiger partial charge >= 0.3 is 0 Å². The van der Waals surface area contributed by atoms with Crippen LogP contribution in [0.1, 0.15) is 5.56 Å². The molecule has 3 aromatic rings. The Morgan fingerprint density at radius 3 is 3.05 bits per heavy atom. The van der Waals surface area contributed by atoms with Crippen molar-refractivity contribution in [2.45, 2.75) is 6.61 Å². The zero-order valence-electron chi connectivity index (χ0n) is 10.4. The van der Waals surface area contributed by atoms with Gasteiger partial charge in [0.15, 0.2) is 0 Å². The molecule has 0 aliphatic rings. The standard InChI is InChI=1S/C14H10BrN3O2/c15-13-3-1-2-11(17-13)12-7-16-14-6-10(8-20-9-19)4-5-18(12)14/h1-7,9H,8H2. The molecule has 3 aromatic heterocycles. The van der Waals surface area contributed by atoms with Crippen molar-refractivity contribution in [3.8, 4) is 11.4 Å². The van der Waals surface area contributed by atoms with Crippen LogP contribution in [0, 0.1) is 0 Å². The van der Waals surface area contributed by atoms with E-state index in [4.69, 9.17) is 4.74 Å². The molecule has 0 spiro atoms. The fourth-order valence-corrected chi connectivity index (χ4v) is 2.33. The van der Waals surface area contributed by atoms with Crippen molar-refractivity contribution in [1.29, 1.82) is 0 Å². The third-order valence-corrected chi connectivity index (χ3v) is 3.31. The van der Waals surface area contributed by atoms with Gasteiger partial charge in [0.1, 0.15) is 16.9 Å². The molecule has 20 heavy (non-hydrogen) atoms. The molecule has 0 aliphatic heterocycles. The summed E-state index contributed by atoms with van der Waals surface area (Å²) < 4.78 is 7.46. The molecule has 0 saturated heterocycles. The SMILES string of the molecule is O=COCc1ccn2c(-c3cccc(Br)n3)cnc2c1. The summed E-state index contributed by atoms with van der Waals surface area (Å²) >= 11 is 3.36. The highest BCUT2D eigenvalue weighted by atomic mass is 79.9. The van der Waals surface area contributed by atoms with Gasteiger partial charge in [0.25, 0.3) is 6.47 Å². The normalized spacial score (nSPS) is 10.7. The summed E-state index contributed by atoms with van der Waals surface area (Å²) in [6.07, 6.45) is 3.66. The molecule has 0 amide bonds. The summed E-state index contributed by atoms with van der Waals surface area (Å²) in [4.78, 5) is 19.0. The minimum Gasteiger partial charge on any atom is -0.463 e. The van der Waals surface area contributed by atoms with E-state index >= 15 is 0 Å². The van der Waals surface area contributed by atoms with Crippen LogP contribution in [0.25, 0.3) is 17.0 Å². The molecule has 0 N–H and O–H groups in total. The number of hydrogen-bond donors (Lipinski definition) is 0. The summed E-state index contributed by atoms with van der Waals surface area (Å²) in [5, 5.41) is 0. The summed E-state index contributed by atoms with van der Waals surface area (Å²) in [5.41, 5.74) is 3.42. The smallest absolute Gasteiger partial charge is 0.293 e. The van der Waals surface area contributed by atoms with Crippen LogP contribution in [0.5, 0.6) is 0 Å². The van der Waals surface area contributed by atoms with Gasteiger partial charge in [0.05, 0.1) is 17.6 Å². The maximum absolute atomic E-state index is 10.2. The Labute approximate surface area is 123 Å². The van der Waals surface area contributed by atoms with E-state index in [-0.39, 0.29) is 6.61 Å².